The van der Waals surface area contributed by atoms with Gasteiger partial charge in [-0.05, 0) is 33.1 Å². The maximum atomic E-state index is 12.7. The van der Waals surface area contributed by atoms with Crippen LogP contribution in [0.4, 0.5) is 10.9 Å². The van der Waals surface area contributed by atoms with Crippen molar-refractivity contribution in [3.05, 3.63) is 4.88 Å². The SMILES string of the molecule is CC(C)N(CCCO)C(=O)c1sc(N2CCCC2)nc1N. The first kappa shape index (κ1) is 16.0. The highest BCUT2D eigenvalue weighted by Crippen LogP contribution is 2.31. The zero-order valence-corrected chi connectivity index (χ0v) is 13.5. The van der Waals surface area contributed by atoms with Gasteiger partial charge in [-0.3, -0.25) is 4.79 Å². The minimum absolute atomic E-state index is 0.0702. The number of aromatic nitrogens is 1. The number of nitrogen functional groups attached to an aromatic ring is 1. The molecule has 118 valence electrons. The van der Waals surface area contributed by atoms with Gasteiger partial charge >= 0.3 is 0 Å². The summed E-state index contributed by atoms with van der Waals surface area (Å²) in [7, 11) is 0. The minimum atomic E-state index is -0.0844. The Hall–Kier alpha value is -1.34. The van der Waals surface area contributed by atoms with Crippen LogP contribution in [0.1, 0.15) is 42.8 Å². The van der Waals surface area contributed by atoms with Gasteiger partial charge in [0.2, 0.25) is 0 Å². The summed E-state index contributed by atoms with van der Waals surface area (Å²) in [4.78, 5) is 21.5. The van der Waals surface area contributed by atoms with Crippen molar-refractivity contribution in [3.63, 3.8) is 0 Å². The Morgan fingerprint density at radius 2 is 2.14 bits per heavy atom. The number of carbonyl (C=O) groups is 1. The zero-order valence-electron chi connectivity index (χ0n) is 12.7. The van der Waals surface area contributed by atoms with Crippen molar-refractivity contribution in [2.75, 3.05) is 36.9 Å². The Morgan fingerprint density at radius 1 is 1.48 bits per heavy atom. The summed E-state index contributed by atoms with van der Waals surface area (Å²) in [5.74, 6) is 0.237. The molecule has 1 aliphatic rings. The molecule has 0 saturated carbocycles. The van der Waals surface area contributed by atoms with Crippen LogP contribution >= 0.6 is 11.3 Å². The van der Waals surface area contributed by atoms with Gasteiger partial charge in [-0.2, -0.15) is 0 Å². The van der Waals surface area contributed by atoms with Gasteiger partial charge in [0.1, 0.15) is 10.7 Å². The predicted molar refractivity (Wildman–Crippen MR) is 85.8 cm³/mol. The van der Waals surface area contributed by atoms with E-state index in [0.29, 0.717) is 23.7 Å². The third-order valence-corrected chi connectivity index (χ3v) is 4.77. The topological polar surface area (TPSA) is 82.7 Å². The van der Waals surface area contributed by atoms with E-state index in [1.807, 2.05) is 13.8 Å². The van der Waals surface area contributed by atoms with Crippen molar-refractivity contribution in [1.82, 2.24) is 9.88 Å². The monoisotopic (exact) mass is 312 g/mol. The minimum Gasteiger partial charge on any atom is -0.396 e. The van der Waals surface area contributed by atoms with Gasteiger partial charge in [0, 0.05) is 32.3 Å². The molecule has 1 saturated heterocycles. The first-order chi connectivity index (χ1) is 10.0. The molecule has 1 aromatic rings. The van der Waals surface area contributed by atoms with Crippen LogP contribution in [0.5, 0.6) is 0 Å². The lowest BCUT2D eigenvalue weighted by molar-refractivity contribution is 0.0699. The van der Waals surface area contributed by atoms with Crippen molar-refractivity contribution in [2.24, 2.45) is 0 Å². The standard InChI is InChI=1S/C14H24N4O2S/c1-10(2)18(8-5-9-19)13(20)11-12(15)16-14(21-11)17-6-3-4-7-17/h10,19H,3-9,15H2,1-2H3. The molecule has 0 aromatic carbocycles. The number of carbonyl (C=O) groups excluding carboxylic acids is 1. The van der Waals surface area contributed by atoms with Crippen LogP contribution in [0.15, 0.2) is 0 Å². The first-order valence-electron chi connectivity index (χ1n) is 7.47. The molecular weight excluding hydrogens is 288 g/mol. The lowest BCUT2D eigenvalue weighted by Crippen LogP contribution is -2.38. The molecule has 6 nitrogen and oxygen atoms in total. The first-order valence-corrected chi connectivity index (χ1v) is 8.29. The van der Waals surface area contributed by atoms with E-state index in [9.17, 15) is 4.79 Å². The third-order valence-electron chi connectivity index (χ3n) is 3.65. The molecule has 0 radical (unpaired) electrons. The predicted octanol–water partition coefficient (Wildman–Crippen LogP) is 1.56. The number of nitrogens with two attached hydrogens (primary N) is 1. The van der Waals surface area contributed by atoms with E-state index in [-0.39, 0.29) is 18.6 Å². The number of hydrogen-bond donors (Lipinski definition) is 2. The van der Waals surface area contributed by atoms with Gasteiger partial charge in [-0.15, -0.1) is 0 Å². The highest BCUT2D eigenvalue weighted by atomic mass is 32.1. The average Bonchev–Trinajstić information content (AvgIpc) is 3.07. The second-order valence-electron chi connectivity index (χ2n) is 5.57. The lowest BCUT2D eigenvalue weighted by Gasteiger charge is -2.26. The van der Waals surface area contributed by atoms with Crippen LogP contribution in [0.2, 0.25) is 0 Å². The third kappa shape index (κ3) is 3.65. The fraction of sp³-hybridized carbons (Fsp3) is 0.714. The zero-order chi connectivity index (χ0) is 15.4. The molecule has 1 aromatic heterocycles. The summed E-state index contributed by atoms with van der Waals surface area (Å²) in [5.41, 5.74) is 5.95. The van der Waals surface area contributed by atoms with Gasteiger partial charge < -0.3 is 20.6 Å². The molecular formula is C14H24N4O2S. The van der Waals surface area contributed by atoms with Crippen LogP contribution < -0.4 is 10.6 Å². The van der Waals surface area contributed by atoms with Crippen LogP contribution in [0, 0.1) is 0 Å². The molecule has 2 heterocycles. The van der Waals surface area contributed by atoms with E-state index >= 15 is 0 Å². The lowest BCUT2D eigenvalue weighted by atomic mass is 10.2. The van der Waals surface area contributed by atoms with E-state index in [1.165, 1.54) is 11.3 Å². The molecule has 1 aliphatic heterocycles. The van der Waals surface area contributed by atoms with E-state index in [2.05, 4.69) is 9.88 Å². The number of nitrogens with zero attached hydrogens (tertiary/aromatic N) is 3. The number of amides is 1. The number of thiazole rings is 1. The molecule has 2 rings (SSSR count). The van der Waals surface area contributed by atoms with Crippen molar-refractivity contribution >= 4 is 28.2 Å². The van der Waals surface area contributed by atoms with Crippen molar-refractivity contribution in [2.45, 2.75) is 39.2 Å². The van der Waals surface area contributed by atoms with E-state index in [0.717, 1.165) is 31.1 Å². The fourth-order valence-corrected chi connectivity index (χ4v) is 3.48. The molecule has 0 bridgehead atoms. The second kappa shape index (κ2) is 7.09. The van der Waals surface area contributed by atoms with Gasteiger partial charge in [0.25, 0.3) is 5.91 Å². The number of anilines is 2. The largest absolute Gasteiger partial charge is 0.396 e. The van der Waals surface area contributed by atoms with Crippen molar-refractivity contribution in [3.8, 4) is 0 Å². The summed E-state index contributed by atoms with van der Waals surface area (Å²) in [6.07, 6.45) is 2.90. The Balaban J connectivity index is 2.16. The van der Waals surface area contributed by atoms with Gasteiger partial charge in [0.15, 0.2) is 5.13 Å². The fourth-order valence-electron chi connectivity index (χ4n) is 2.48. The number of aliphatic hydroxyl groups is 1. The molecule has 0 atom stereocenters. The van der Waals surface area contributed by atoms with Crippen LogP contribution in [-0.2, 0) is 0 Å². The van der Waals surface area contributed by atoms with E-state index in [4.69, 9.17) is 10.8 Å². The summed E-state index contributed by atoms with van der Waals surface area (Å²) < 4.78 is 0. The van der Waals surface area contributed by atoms with E-state index in [1.54, 1.807) is 4.90 Å². The van der Waals surface area contributed by atoms with E-state index < -0.39 is 0 Å². The Kier molecular flexibility index (Phi) is 5.41. The van der Waals surface area contributed by atoms with Crippen LogP contribution in [0.25, 0.3) is 0 Å². The highest BCUT2D eigenvalue weighted by molar-refractivity contribution is 7.18. The molecule has 1 fully saturated rings. The van der Waals surface area contributed by atoms with Crippen molar-refractivity contribution in [1.29, 1.82) is 0 Å². The number of rotatable bonds is 6. The Labute approximate surface area is 129 Å². The maximum absolute atomic E-state index is 12.7. The molecule has 0 spiro atoms. The number of hydrogen-bond acceptors (Lipinski definition) is 6. The average molecular weight is 312 g/mol. The van der Waals surface area contributed by atoms with Gasteiger partial charge in [-0.25, -0.2) is 4.98 Å². The smallest absolute Gasteiger partial charge is 0.268 e. The molecule has 21 heavy (non-hydrogen) atoms. The van der Waals surface area contributed by atoms with Crippen molar-refractivity contribution < 1.29 is 9.90 Å². The van der Waals surface area contributed by atoms with Gasteiger partial charge in [-0.1, -0.05) is 11.3 Å². The normalized spacial score (nSPS) is 15.0. The number of aliphatic hydroxyl groups excluding tert-OH is 1. The Morgan fingerprint density at radius 3 is 2.71 bits per heavy atom. The summed E-state index contributed by atoms with van der Waals surface area (Å²) in [5, 5.41) is 9.82. The molecule has 7 heteroatoms. The summed E-state index contributed by atoms with van der Waals surface area (Å²) in [6.45, 7) is 6.51. The Bertz CT molecular complexity index is 483. The van der Waals surface area contributed by atoms with Crippen LogP contribution in [0.3, 0.4) is 0 Å². The quantitative estimate of drug-likeness (QED) is 0.833. The summed E-state index contributed by atoms with van der Waals surface area (Å²) >= 11 is 1.38. The molecule has 0 aliphatic carbocycles. The van der Waals surface area contributed by atoms with Gasteiger partial charge in [0.05, 0.1) is 0 Å². The highest BCUT2D eigenvalue weighted by Gasteiger charge is 2.26. The second-order valence-corrected chi connectivity index (χ2v) is 6.55. The molecule has 1 amide bonds. The maximum Gasteiger partial charge on any atom is 0.268 e. The molecule has 0 unspecified atom stereocenters. The van der Waals surface area contributed by atoms with Crippen LogP contribution in [-0.4, -0.2) is 53.2 Å². The molecule has 3 N–H and O–H groups in total. The summed E-state index contributed by atoms with van der Waals surface area (Å²) in [6, 6.07) is 0.0702.